The maximum Gasteiger partial charge on any atom is 0.197 e. The van der Waals surface area contributed by atoms with Crippen molar-refractivity contribution in [3.05, 3.63) is 107 Å². The fraction of sp³-hybridized carbons (Fsp3) is 0.229. The van der Waals surface area contributed by atoms with E-state index in [1.807, 2.05) is 54.6 Å². The van der Waals surface area contributed by atoms with E-state index in [2.05, 4.69) is 41.1 Å². The second kappa shape index (κ2) is 12.0. The van der Waals surface area contributed by atoms with Crippen molar-refractivity contribution < 1.29 is 18.6 Å². The van der Waals surface area contributed by atoms with Crippen molar-refractivity contribution in [3.63, 3.8) is 0 Å². The van der Waals surface area contributed by atoms with Gasteiger partial charge in [0, 0.05) is 49.6 Å². The number of likely N-dealkylation sites (N-methyl/N-ethyl adjacent to an activating group) is 1. The Morgan fingerprint density at radius 2 is 1.43 bits per heavy atom. The van der Waals surface area contributed by atoms with Gasteiger partial charge in [-0.3, -0.25) is 4.79 Å². The number of fused-ring (bicyclic) bond motifs is 1. The highest BCUT2D eigenvalue weighted by Gasteiger charge is 2.22. The summed E-state index contributed by atoms with van der Waals surface area (Å²) < 4.78 is 23.9. The summed E-state index contributed by atoms with van der Waals surface area (Å²) in [6, 6.07) is 29.2. The van der Waals surface area contributed by atoms with Gasteiger partial charge in [0.2, 0.25) is 0 Å². The highest BCUT2D eigenvalue weighted by molar-refractivity contribution is 6.00. The van der Waals surface area contributed by atoms with E-state index in [4.69, 9.17) is 18.6 Å². The number of nitrogens with zero attached hydrogens (tertiary/aromatic N) is 2. The zero-order valence-corrected chi connectivity index (χ0v) is 24.1. The largest absolute Gasteiger partial charge is 0.496 e. The van der Waals surface area contributed by atoms with Crippen LogP contribution >= 0.6 is 0 Å². The lowest BCUT2D eigenvalue weighted by Gasteiger charge is -2.34. The topological polar surface area (TPSA) is 64.4 Å². The third kappa shape index (κ3) is 5.56. The standard InChI is InChI=1S/C35H34N2O5/c1-36-17-19-37(20-18-36)27-13-9-26(10-14-27)33-31(39-2)22-32(40-3)34-29(38)21-30(42-35(33)34)25-11-15-28(16-12-25)41-23-24-7-5-4-6-8-24/h4-16,21-22H,17-20,23H2,1-3H3. The van der Waals surface area contributed by atoms with Gasteiger partial charge >= 0.3 is 0 Å². The molecule has 4 aromatic carbocycles. The summed E-state index contributed by atoms with van der Waals surface area (Å²) >= 11 is 0. The Bertz CT molecular complexity index is 1720. The molecule has 0 aliphatic carbocycles. The lowest BCUT2D eigenvalue weighted by molar-refractivity contribution is 0.306. The lowest BCUT2D eigenvalue weighted by atomic mass is 9.99. The van der Waals surface area contributed by atoms with E-state index in [0.717, 1.165) is 48.6 Å². The van der Waals surface area contributed by atoms with Crippen molar-refractivity contribution in [3.8, 4) is 39.7 Å². The van der Waals surface area contributed by atoms with Crippen molar-refractivity contribution in [2.75, 3.05) is 52.3 Å². The van der Waals surface area contributed by atoms with Crippen molar-refractivity contribution in [1.29, 1.82) is 0 Å². The molecule has 0 saturated carbocycles. The molecule has 0 spiro atoms. The van der Waals surface area contributed by atoms with E-state index in [1.165, 1.54) is 11.8 Å². The SMILES string of the molecule is COc1cc(OC)c2c(=O)cc(-c3ccc(OCc4ccccc4)cc3)oc2c1-c1ccc(N2CCN(C)CC2)cc1. The molecule has 1 saturated heterocycles. The number of rotatable bonds is 8. The Labute approximate surface area is 245 Å². The number of methoxy groups -OCH3 is 2. The summed E-state index contributed by atoms with van der Waals surface area (Å²) in [4.78, 5) is 18.3. The van der Waals surface area contributed by atoms with Crippen LogP contribution in [0.4, 0.5) is 5.69 Å². The van der Waals surface area contributed by atoms with Crippen LogP contribution in [0.2, 0.25) is 0 Å². The van der Waals surface area contributed by atoms with Crippen LogP contribution in [-0.2, 0) is 6.61 Å². The van der Waals surface area contributed by atoms with Gasteiger partial charge in [0.15, 0.2) is 11.0 Å². The quantitative estimate of drug-likeness (QED) is 0.215. The molecule has 1 aromatic heterocycles. The van der Waals surface area contributed by atoms with Crippen LogP contribution in [0.3, 0.4) is 0 Å². The van der Waals surface area contributed by atoms with E-state index in [0.29, 0.717) is 40.4 Å². The zero-order valence-electron chi connectivity index (χ0n) is 24.1. The van der Waals surface area contributed by atoms with Crippen LogP contribution in [0.5, 0.6) is 17.2 Å². The number of hydrogen-bond acceptors (Lipinski definition) is 7. The number of anilines is 1. The molecule has 0 unspecified atom stereocenters. The van der Waals surface area contributed by atoms with E-state index in [1.54, 1.807) is 20.3 Å². The first-order valence-electron chi connectivity index (χ1n) is 14.1. The molecule has 0 amide bonds. The van der Waals surface area contributed by atoms with Gasteiger partial charge in [-0.15, -0.1) is 0 Å². The molecule has 5 aromatic rings. The molecule has 6 rings (SSSR count). The summed E-state index contributed by atoms with van der Waals surface area (Å²) in [7, 11) is 5.30. The molecule has 0 bridgehead atoms. The van der Waals surface area contributed by atoms with Crippen LogP contribution in [0.15, 0.2) is 100 Å². The van der Waals surface area contributed by atoms with Gasteiger partial charge in [-0.1, -0.05) is 42.5 Å². The first-order chi connectivity index (χ1) is 20.5. The second-order valence-electron chi connectivity index (χ2n) is 10.5. The minimum absolute atomic E-state index is 0.189. The van der Waals surface area contributed by atoms with Crippen molar-refractivity contribution >= 4 is 16.7 Å². The minimum Gasteiger partial charge on any atom is -0.496 e. The number of benzene rings is 4. The smallest absolute Gasteiger partial charge is 0.197 e. The molecule has 0 atom stereocenters. The molecule has 0 N–H and O–H groups in total. The van der Waals surface area contributed by atoms with Crippen LogP contribution in [0.25, 0.3) is 33.4 Å². The number of hydrogen-bond donors (Lipinski definition) is 0. The Morgan fingerprint density at radius 3 is 2.10 bits per heavy atom. The predicted molar refractivity (Wildman–Crippen MR) is 167 cm³/mol. The molecule has 0 radical (unpaired) electrons. The van der Waals surface area contributed by atoms with Gasteiger partial charge < -0.3 is 28.4 Å². The summed E-state index contributed by atoms with van der Waals surface area (Å²) in [6.45, 7) is 4.51. The van der Waals surface area contributed by atoms with E-state index in [-0.39, 0.29) is 5.43 Å². The first kappa shape index (κ1) is 27.4. The highest BCUT2D eigenvalue weighted by Crippen LogP contribution is 2.42. The fourth-order valence-electron chi connectivity index (χ4n) is 5.38. The molecule has 42 heavy (non-hydrogen) atoms. The van der Waals surface area contributed by atoms with E-state index < -0.39 is 0 Å². The molecule has 7 nitrogen and oxygen atoms in total. The summed E-state index contributed by atoms with van der Waals surface area (Å²) in [6.07, 6.45) is 0. The zero-order chi connectivity index (χ0) is 29.1. The summed E-state index contributed by atoms with van der Waals surface area (Å²) in [5.74, 6) is 2.16. The van der Waals surface area contributed by atoms with Crippen LogP contribution in [-0.4, -0.2) is 52.3 Å². The van der Waals surface area contributed by atoms with Gasteiger partial charge in [-0.05, 0) is 54.6 Å². The molecule has 1 aliphatic heterocycles. The maximum absolute atomic E-state index is 13.5. The Morgan fingerprint density at radius 1 is 0.762 bits per heavy atom. The third-order valence-corrected chi connectivity index (χ3v) is 7.78. The third-order valence-electron chi connectivity index (χ3n) is 7.78. The molecular formula is C35H34N2O5. The molecule has 214 valence electrons. The number of piperazine rings is 1. The van der Waals surface area contributed by atoms with E-state index >= 15 is 0 Å². The minimum atomic E-state index is -0.189. The summed E-state index contributed by atoms with van der Waals surface area (Å²) in [5.41, 5.74) is 4.85. The normalized spacial score (nSPS) is 13.7. The van der Waals surface area contributed by atoms with Crippen LogP contribution < -0.4 is 24.5 Å². The highest BCUT2D eigenvalue weighted by atomic mass is 16.5. The monoisotopic (exact) mass is 562 g/mol. The summed E-state index contributed by atoms with van der Waals surface area (Å²) in [5, 5.41) is 0.378. The van der Waals surface area contributed by atoms with Crippen molar-refractivity contribution in [1.82, 2.24) is 4.90 Å². The van der Waals surface area contributed by atoms with Gasteiger partial charge in [0.1, 0.15) is 35.0 Å². The van der Waals surface area contributed by atoms with Gasteiger partial charge in [0.05, 0.1) is 19.8 Å². The second-order valence-corrected chi connectivity index (χ2v) is 10.5. The molecule has 1 fully saturated rings. The lowest BCUT2D eigenvalue weighted by Crippen LogP contribution is -2.44. The maximum atomic E-state index is 13.5. The van der Waals surface area contributed by atoms with E-state index in [9.17, 15) is 4.79 Å². The van der Waals surface area contributed by atoms with Gasteiger partial charge in [-0.2, -0.15) is 0 Å². The molecular weight excluding hydrogens is 528 g/mol. The predicted octanol–water partition coefficient (Wildman–Crippen LogP) is 6.48. The first-order valence-corrected chi connectivity index (χ1v) is 14.1. The number of ether oxygens (including phenoxy) is 3. The molecule has 7 heteroatoms. The van der Waals surface area contributed by atoms with Crippen molar-refractivity contribution in [2.45, 2.75) is 6.61 Å². The van der Waals surface area contributed by atoms with Gasteiger partial charge in [0.25, 0.3) is 0 Å². The van der Waals surface area contributed by atoms with Gasteiger partial charge in [-0.25, -0.2) is 0 Å². The average Bonchev–Trinajstić information content (AvgIpc) is 3.04. The Balaban J connectivity index is 1.37. The van der Waals surface area contributed by atoms with Crippen molar-refractivity contribution in [2.24, 2.45) is 0 Å². The Kier molecular flexibility index (Phi) is 7.84. The Hall–Kier alpha value is -4.75. The van der Waals surface area contributed by atoms with Crippen LogP contribution in [0.1, 0.15) is 5.56 Å². The van der Waals surface area contributed by atoms with Crippen LogP contribution in [0, 0.1) is 0 Å². The average molecular weight is 563 g/mol. The molecule has 2 heterocycles. The fourth-order valence-corrected chi connectivity index (χ4v) is 5.38. The molecule has 1 aliphatic rings.